The molecule has 0 radical (unpaired) electrons. The molecule has 2 fully saturated rings. The van der Waals surface area contributed by atoms with Crippen LogP contribution in [0.1, 0.15) is 43.8 Å². The van der Waals surface area contributed by atoms with Crippen LogP contribution in [0.5, 0.6) is 0 Å². The maximum Gasteiger partial charge on any atom is 0.225 e. The number of likely N-dealkylation sites (tertiary alicyclic amines) is 1. The Bertz CT molecular complexity index is 440. The van der Waals surface area contributed by atoms with Crippen LogP contribution in [0.25, 0.3) is 0 Å². The van der Waals surface area contributed by atoms with E-state index in [1.807, 2.05) is 17.2 Å². The van der Waals surface area contributed by atoms with E-state index < -0.39 is 0 Å². The highest BCUT2D eigenvalue weighted by atomic mass is 16.5. The van der Waals surface area contributed by atoms with Crippen LogP contribution in [0, 0.1) is 0 Å². The molecule has 1 aromatic heterocycles. The van der Waals surface area contributed by atoms with E-state index >= 15 is 0 Å². The summed E-state index contributed by atoms with van der Waals surface area (Å²) in [5, 5.41) is 3.32. The predicted octanol–water partition coefficient (Wildman–Crippen LogP) is 1.84. The molecule has 0 bridgehead atoms. The molecule has 0 saturated carbocycles. The van der Waals surface area contributed by atoms with Crippen LogP contribution in [0.3, 0.4) is 0 Å². The average molecular weight is 291 g/mol. The molecule has 1 aromatic rings. The van der Waals surface area contributed by atoms with E-state index in [0.717, 1.165) is 51.0 Å². The molecule has 0 aliphatic carbocycles. The molecule has 2 N–H and O–H groups in total. The molecule has 1 atom stereocenters. The fourth-order valence-corrected chi connectivity index (χ4v) is 3.36. The Morgan fingerprint density at radius 3 is 2.95 bits per heavy atom. The summed E-state index contributed by atoms with van der Waals surface area (Å²) in [6.07, 6.45) is 7.02. The second-order valence-electron chi connectivity index (χ2n) is 5.94. The number of hydrogen-bond acceptors (Lipinski definition) is 3. The summed E-state index contributed by atoms with van der Waals surface area (Å²) < 4.78 is 5.84. The minimum Gasteiger partial charge on any atom is -0.378 e. The standard InChI is InChI=1S/C16H25N3O2/c20-16(7-12-21-13-5-9-17-10-6-13)19-11-2-4-15(19)14-3-1-8-18-14/h1,3,8,13,15,17-18H,2,4-7,9-12H2. The van der Waals surface area contributed by atoms with Gasteiger partial charge in [-0.15, -0.1) is 0 Å². The van der Waals surface area contributed by atoms with Gasteiger partial charge in [0.05, 0.1) is 25.2 Å². The van der Waals surface area contributed by atoms with Crippen molar-refractivity contribution < 1.29 is 9.53 Å². The Morgan fingerprint density at radius 1 is 1.33 bits per heavy atom. The van der Waals surface area contributed by atoms with E-state index in [0.29, 0.717) is 19.1 Å². The Balaban J connectivity index is 1.46. The number of hydrogen-bond donors (Lipinski definition) is 2. The van der Waals surface area contributed by atoms with Crippen LogP contribution in [-0.4, -0.2) is 48.1 Å². The number of ether oxygens (including phenoxy) is 1. The number of aromatic nitrogens is 1. The van der Waals surface area contributed by atoms with Crippen LogP contribution in [0.15, 0.2) is 18.3 Å². The zero-order valence-corrected chi connectivity index (χ0v) is 12.5. The quantitative estimate of drug-likeness (QED) is 0.870. The normalized spacial score (nSPS) is 23.6. The molecule has 1 unspecified atom stereocenters. The van der Waals surface area contributed by atoms with Crippen molar-refractivity contribution in [2.75, 3.05) is 26.2 Å². The van der Waals surface area contributed by atoms with Gasteiger partial charge in [-0.3, -0.25) is 4.79 Å². The second-order valence-corrected chi connectivity index (χ2v) is 5.94. The van der Waals surface area contributed by atoms with Crippen molar-refractivity contribution in [3.05, 3.63) is 24.0 Å². The number of H-pyrrole nitrogens is 1. The van der Waals surface area contributed by atoms with Crippen molar-refractivity contribution in [1.82, 2.24) is 15.2 Å². The van der Waals surface area contributed by atoms with Crippen molar-refractivity contribution in [3.8, 4) is 0 Å². The number of amides is 1. The van der Waals surface area contributed by atoms with Crippen LogP contribution in [-0.2, 0) is 9.53 Å². The summed E-state index contributed by atoms with van der Waals surface area (Å²) >= 11 is 0. The summed E-state index contributed by atoms with van der Waals surface area (Å²) in [5.74, 6) is 0.223. The van der Waals surface area contributed by atoms with Gasteiger partial charge < -0.3 is 19.9 Å². The number of nitrogens with one attached hydrogen (secondary N) is 2. The van der Waals surface area contributed by atoms with Crippen molar-refractivity contribution in [2.24, 2.45) is 0 Å². The molecule has 3 rings (SSSR count). The van der Waals surface area contributed by atoms with E-state index in [1.165, 1.54) is 0 Å². The van der Waals surface area contributed by atoms with Crippen LogP contribution in [0.4, 0.5) is 0 Å². The zero-order chi connectivity index (χ0) is 14.5. The van der Waals surface area contributed by atoms with E-state index in [1.54, 1.807) is 0 Å². The molecule has 2 aliphatic heterocycles. The lowest BCUT2D eigenvalue weighted by atomic mass is 10.1. The molecule has 0 aromatic carbocycles. The van der Waals surface area contributed by atoms with Gasteiger partial charge in [0.2, 0.25) is 5.91 Å². The lowest BCUT2D eigenvalue weighted by Crippen LogP contribution is -2.34. The molecule has 5 nitrogen and oxygen atoms in total. The van der Waals surface area contributed by atoms with Gasteiger partial charge >= 0.3 is 0 Å². The van der Waals surface area contributed by atoms with Crippen LogP contribution < -0.4 is 5.32 Å². The van der Waals surface area contributed by atoms with Crippen molar-refractivity contribution in [1.29, 1.82) is 0 Å². The molecule has 2 saturated heterocycles. The molecule has 1 amide bonds. The Labute approximate surface area is 126 Å². The smallest absolute Gasteiger partial charge is 0.225 e. The molecular formula is C16H25N3O2. The fraction of sp³-hybridized carbons (Fsp3) is 0.688. The first-order chi connectivity index (χ1) is 10.3. The number of carbonyl (C=O) groups excluding carboxylic acids is 1. The number of carbonyl (C=O) groups is 1. The van der Waals surface area contributed by atoms with Gasteiger partial charge in [-0.1, -0.05) is 0 Å². The topological polar surface area (TPSA) is 57.4 Å². The highest BCUT2D eigenvalue weighted by Gasteiger charge is 2.30. The molecule has 5 heteroatoms. The largest absolute Gasteiger partial charge is 0.378 e. The monoisotopic (exact) mass is 291 g/mol. The third-order valence-corrected chi connectivity index (χ3v) is 4.51. The molecule has 2 aliphatic rings. The van der Waals surface area contributed by atoms with Gasteiger partial charge in [0, 0.05) is 18.4 Å². The minimum absolute atomic E-state index is 0.223. The van der Waals surface area contributed by atoms with Crippen LogP contribution in [0.2, 0.25) is 0 Å². The molecule has 3 heterocycles. The fourth-order valence-electron chi connectivity index (χ4n) is 3.36. The number of rotatable bonds is 5. The van der Waals surface area contributed by atoms with E-state index in [2.05, 4.69) is 16.4 Å². The zero-order valence-electron chi connectivity index (χ0n) is 12.5. The first-order valence-corrected chi connectivity index (χ1v) is 8.09. The Morgan fingerprint density at radius 2 is 2.19 bits per heavy atom. The highest BCUT2D eigenvalue weighted by molar-refractivity contribution is 5.77. The summed E-state index contributed by atoms with van der Waals surface area (Å²) in [6.45, 7) is 3.48. The van der Waals surface area contributed by atoms with Gasteiger partial charge in [-0.2, -0.15) is 0 Å². The van der Waals surface area contributed by atoms with Gasteiger partial charge in [0.25, 0.3) is 0 Å². The van der Waals surface area contributed by atoms with E-state index in [-0.39, 0.29) is 11.9 Å². The van der Waals surface area contributed by atoms with Gasteiger partial charge in [-0.25, -0.2) is 0 Å². The van der Waals surface area contributed by atoms with Crippen molar-refractivity contribution in [3.63, 3.8) is 0 Å². The van der Waals surface area contributed by atoms with Crippen molar-refractivity contribution >= 4 is 5.91 Å². The molecule has 21 heavy (non-hydrogen) atoms. The predicted molar refractivity (Wildman–Crippen MR) is 80.9 cm³/mol. The average Bonchev–Trinajstić information content (AvgIpc) is 3.19. The maximum absolute atomic E-state index is 12.4. The van der Waals surface area contributed by atoms with Gasteiger partial charge in [0.15, 0.2) is 0 Å². The Hall–Kier alpha value is -1.33. The van der Waals surface area contributed by atoms with E-state index in [4.69, 9.17) is 4.74 Å². The lowest BCUT2D eigenvalue weighted by molar-refractivity contribution is -0.133. The Kier molecular flexibility index (Phi) is 4.93. The van der Waals surface area contributed by atoms with E-state index in [9.17, 15) is 4.79 Å². The van der Waals surface area contributed by atoms with Gasteiger partial charge in [0.1, 0.15) is 0 Å². The summed E-state index contributed by atoms with van der Waals surface area (Å²) in [5.41, 5.74) is 1.15. The number of aromatic amines is 1. The molecular weight excluding hydrogens is 266 g/mol. The third kappa shape index (κ3) is 3.66. The van der Waals surface area contributed by atoms with Gasteiger partial charge in [-0.05, 0) is 50.9 Å². The third-order valence-electron chi connectivity index (χ3n) is 4.51. The summed E-state index contributed by atoms with van der Waals surface area (Å²) in [6, 6.07) is 4.30. The summed E-state index contributed by atoms with van der Waals surface area (Å²) in [4.78, 5) is 17.7. The minimum atomic E-state index is 0.223. The first-order valence-electron chi connectivity index (χ1n) is 8.09. The lowest BCUT2D eigenvalue weighted by Gasteiger charge is -2.26. The van der Waals surface area contributed by atoms with Crippen molar-refractivity contribution in [2.45, 2.75) is 44.2 Å². The maximum atomic E-state index is 12.4. The second kappa shape index (κ2) is 7.09. The SMILES string of the molecule is O=C(CCOC1CCNCC1)N1CCCC1c1ccc[nH]1. The van der Waals surface area contributed by atoms with Crippen LogP contribution >= 0.6 is 0 Å². The molecule has 0 spiro atoms. The highest BCUT2D eigenvalue weighted by Crippen LogP contribution is 2.31. The molecule has 116 valence electrons. The first kappa shape index (κ1) is 14.6. The summed E-state index contributed by atoms with van der Waals surface area (Å²) in [7, 11) is 0. The number of nitrogens with zero attached hydrogens (tertiary/aromatic N) is 1. The number of piperidine rings is 1.